The molecule has 6 nitrogen and oxygen atoms in total. The Kier molecular flexibility index (Phi) is 4.33. The fourth-order valence-corrected chi connectivity index (χ4v) is 1.51. The van der Waals surface area contributed by atoms with Gasteiger partial charge in [0.2, 0.25) is 0 Å². The van der Waals surface area contributed by atoms with E-state index in [1.54, 1.807) is 0 Å². The van der Waals surface area contributed by atoms with Gasteiger partial charge in [-0.1, -0.05) is 12.2 Å². The van der Waals surface area contributed by atoms with Crippen molar-refractivity contribution in [3.63, 3.8) is 0 Å². The van der Waals surface area contributed by atoms with Gasteiger partial charge in [-0.3, -0.25) is 4.79 Å². The Balaban J connectivity index is 3.34. The summed E-state index contributed by atoms with van der Waals surface area (Å²) in [7, 11) is 0. The van der Waals surface area contributed by atoms with Crippen molar-refractivity contribution in [2.24, 2.45) is 11.5 Å². The average molecular weight is 253 g/mol. The Bertz CT molecular complexity index is 444. The molecule has 92 valence electrons. The van der Waals surface area contributed by atoms with E-state index in [9.17, 15) is 4.79 Å². The Morgan fingerprint density at radius 2 is 2.00 bits per heavy atom. The first-order valence-electron chi connectivity index (χ1n) is 5.22. The molecule has 1 aromatic heterocycles. The summed E-state index contributed by atoms with van der Waals surface area (Å²) in [6.07, 6.45) is 1.36. The second-order valence-corrected chi connectivity index (χ2v) is 3.77. The summed E-state index contributed by atoms with van der Waals surface area (Å²) in [5.41, 5.74) is 11.3. The number of rotatable bonds is 5. The van der Waals surface area contributed by atoms with Crippen LogP contribution in [0.2, 0.25) is 0 Å². The number of nitrogens with two attached hydrogens (primary N) is 2. The van der Waals surface area contributed by atoms with Crippen LogP contribution in [0.25, 0.3) is 0 Å². The lowest BCUT2D eigenvalue weighted by Gasteiger charge is -2.21. The van der Waals surface area contributed by atoms with E-state index in [0.29, 0.717) is 24.6 Å². The summed E-state index contributed by atoms with van der Waals surface area (Å²) >= 11 is 4.83. The van der Waals surface area contributed by atoms with Crippen molar-refractivity contribution in [3.8, 4) is 0 Å². The van der Waals surface area contributed by atoms with Crippen molar-refractivity contribution in [2.75, 3.05) is 18.0 Å². The highest BCUT2D eigenvalue weighted by Crippen LogP contribution is 2.15. The van der Waals surface area contributed by atoms with Gasteiger partial charge in [0.15, 0.2) is 11.5 Å². The molecule has 17 heavy (non-hydrogen) atoms. The molecular formula is C10H15N5OS. The van der Waals surface area contributed by atoms with Gasteiger partial charge in [-0.15, -0.1) is 0 Å². The third-order valence-electron chi connectivity index (χ3n) is 2.30. The summed E-state index contributed by atoms with van der Waals surface area (Å²) in [4.78, 5) is 21.5. The van der Waals surface area contributed by atoms with Crippen LogP contribution in [0, 0.1) is 0 Å². The second-order valence-electron chi connectivity index (χ2n) is 3.33. The monoisotopic (exact) mass is 253 g/mol. The maximum Gasteiger partial charge on any atom is 0.271 e. The number of primary amides is 1. The first kappa shape index (κ1) is 13.3. The van der Waals surface area contributed by atoms with Crippen LogP contribution in [0.1, 0.15) is 30.0 Å². The third kappa shape index (κ3) is 2.88. The van der Waals surface area contributed by atoms with Crippen LogP contribution in [0.5, 0.6) is 0 Å². The van der Waals surface area contributed by atoms with Crippen molar-refractivity contribution in [1.29, 1.82) is 0 Å². The maximum atomic E-state index is 11.3. The van der Waals surface area contributed by atoms with E-state index >= 15 is 0 Å². The van der Waals surface area contributed by atoms with Crippen LogP contribution in [0.15, 0.2) is 6.20 Å². The highest BCUT2D eigenvalue weighted by Gasteiger charge is 2.17. The largest absolute Gasteiger partial charge is 0.388 e. The van der Waals surface area contributed by atoms with Crippen LogP contribution >= 0.6 is 12.2 Å². The molecule has 1 aromatic rings. The lowest BCUT2D eigenvalue weighted by atomic mass is 10.3. The Morgan fingerprint density at radius 1 is 1.41 bits per heavy atom. The van der Waals surface area contributed by atoms with Crippen molar-refractivity contribution >= 4 is 28.9 Å². The number of carbonyl (C=O) groups excluding carboxylic acids is 1. The lowest BCUT2D eigenvalue weighted by Crippen LogP contribution is -2.29. The molecule has 0 aliphatic heterocycles. The van der Waals surface area contributed by atoms with Crippen LogP contribution in [-0.4, -0.2) is 34.0 Å². The molecule has 7 heteroatoms. The van der Waals surface area contributed by atoms with Crippen molar-refractivity contribution in [3.05, 3.63) is 17.6 Å². The Labute approximate surface area is 105 Å². The number of hydrogen-bond donors (Lipinski definition) is 2. The zero-order valence-electron chi connectivity index (χ0n) is 9.80. The van der Waals surface area contributed by atoms with Crippen LogP contribution in [0.3, 0.4) is 0 Å². The van der Waals surface area contributed by atoms with Crippen LogP contribution < -0.4 is 16.4 Å². The minimum absolute atomic E-state index is 0.133. The number of carbonyl (C=O) groups is 1. The van der Waals surface area contributed by atoms with Gasteiger partial charge in [0.05, 0.1) is 6.20 Å². The number of amides is 1. The minimum Gasteiger partial charge on any atom is -0.388 e. The van der Waals surface area contributed by atoms with E-state index in [0.717, 1.165) is 0 Å². The number of hydrogen-bond acceptors (Lipinski definition) is 5. The minimum atomic E-state index is -0.617. The standard InChI is InChI=1S/C10H15N5OS/c1-3-15(4-2)10-7(8(11)16)13-5-6(14-10)9(12)17/h5H,3-4H2,1-2H3,(H2,11,16)(H2,12,17). The van der Waals surface area contributed by atoms with Gasteiger partial charge in [0, 0.05) is 13.1 Å². The molecule has 0 bridgehead atoms. The summed E-state index contributed by atoms with van der Waals surface area (Å²) < 4.78 is 0. The lowest BCUT2D eigenvalue weighted by molar-refractivity contribution is 0.0995. The van der Waals surface area contributed by atoms with Gasteiger partial charge in [0.1, 0.15) is 10.7 Å². The second kappa shape index (κ2) is 5.53. The van der Waals surface area contributed by atoms with Gasteiger partial charge >= 0.3 is 0 Å². The van der Waals surface area contributed by atoms with Gasteiger partial charge < -0.3 is 16.4 Å². The van der Waals surface area contributed by atoms with E-state index in [-0.39, 0.29) is 10.7 Å². The third-order valence-corrected chi connectivity index (χ3v) is 2.51. The number of aromatic nitrogens is 2. The number of nitrogens with zero attached hydrogens (tertiary/aromatic N) is 3. The Morgan fingerprint density at radius 3 is 2.41 bits per heavy atom. The van der Waals surface area contributed by atoms with E-state index < -0.39 is 5.91 Å². The summed E-state index contributed by atoms with van der Waals surface area (Å²) in [5, 5.41) is 0. The number of thiocarbonyl (C=S) groups is 1. The first-order valence-corrected chi connectivity index (χ1v) is 5.63. The molecule has 0 radical (unpaired) electrons. The van der Waals surface area contributed by atoms with Crippen LogP contribution in [-0.2, 0) is 0 Å². The quantitative estimate of drug-likeness (QED) is 0.720. The predicted molar refractivity (Wildman–Crippen MR) is 70.0 cm³/mol. The van der Waals surface area contributed by atoms with E-state index in [1.165, 1.54) is 6.20 Å². The molecule has 0 aliphatic rings. The fourth-order valence-electron chi connectivity index (χ4n) is 1.42. The topological polar surface area (TPSA) is 98.1 Å². The van der Waals surface area contributed by atoms with E-state index in [2.05, 4.69) is 9.97 Å². The van der Waals surface area contributed by atoms with Gasteiger partial charge in [-0.25, -0.2) is 9.97 Å². The maximum absolute atomic E-state index is 11.3. The molecule has 1 heterocycles. The smallest absolute Gasteiger partial charge is 0.271 e. The molecule has 0 unspecified atom stereocenters. The molecule has 0 atom stereocenters. The van der Waals surface area contributed by atoms with Gasteiger partial charge in [-0.05, 0) is 13.8 Å². The molecule has 0 aromatic carbocycles. The molecule has 0 aliphatic carbocycles. The molecular weight excluding hydrogens is 238 g/mol. The SMILES string of the molecule is CCN(CC)c1nc(C(N)=S)cnc1C(N)=O. The summed E-state index contributed by atoms with van der Waals surface area (Å²) in [6, 6.07) is 0. The zero-order chi connectivity index (χ0) is 13.0. The molecule has 0 saturated carbocycles. The Hall–Kier alpha value is -1.76. The average Bonchev–Trinajstić information content (AvgIpc) is 2.30. The van der Waals surface area contributed by atoms with Gasteiger partial charge in [-0.2, -0.15) is 0 Å². The molecule has 0 fully saturated rings. The normalized spacial score (nSPS) is 10.0. The highest BCUT2D eigenvalue weighted by atomic mass is 32.1. The fraction of sp³-hybridized carbons (Fsp3) is 0.400. The molecule has 0 saturated heterocycles. The zero-order valence-corrected chi connectivity index (χ0v) is 10.6. The number of anilines is 1. The molecule has 0 spiro atoms. The van der Waals surface area contributed by atoms with E-state index in [1.807, 2.05) is 18.7 Å². The molecule has 1 rings (SSSR count). The summed E-state index contributed by atoms with van der Waals surface area (Å²) in [5.74, 6) is -0.193. The van der Waals surface area contributed by atoms with Gasteiger partial charge in [0.25, 0.3) is 5.91 Å². The molecule has 1 amide bonds. The predicted octanol–water partition coefficient (Wildman–Crippen LogP) is 0.0559. The highest BCUT2D eigenvalue weighted by molar-refractivity contribution is 7.80. The van der Waals surface area contributed by atoms with Crippen molar-refractivity contribution in [1.82, 2.24) is 9.97 Å². The van der Waals surface area contributed by atoms with E-state index in [4.69, 9.17) is 23.7 Å². The van der Waals surface area contributed by atoms with Crippen LogP contribution in [0.4, 0.5) is 5.82 Å². The summed E-state index contributed by atoms with van der Waals surface area (Å²) in [6.45, 7) is 5.27. The van der Waals surface area contributed by atoms with Crippen molar-refractivity contribution in [2.45, 2.75) is 13.8 Å². The van der Waals surface area contributed by atoms with Crippen molar-refractivity contribution < 1.29 is 4.79 Å². The molecule has 4 N–H and O–H groups in total. The first-order chi connectivity index (χ1) is 8.01.